The van der Waals surface area contributed by atoms with Gasteiger partial charge >= 0.3 is 0 Å². The quantitative estimate of drug-likeness (QED) is 0.682. The van der Waals surface area contributed by atoms with Crippen molar-refractivity contribution in [3.63, 3.8) is 0 Å². The Bertz CT molecular complexity index is 214. The van der Waals surface area contributed by atoms with Gasteiger partial charge < -0.3 is 4.84 Å². The molecule has 2 aliphatic carbocycles. The average Bonchev–Trinajstić information content (AvgIpc) is 2.76. The van der Waals surface area contributed by atoms with Crippen molar-refractivity contribution in [2.45, 2.75) is 40.5 Å². The van der Waals surface area contributed by atoms with Crippen LogP contribution in [-0.4, -0.2) is 6.61 Å². The van der Waals surface area contributed by atoms with Crippen LogP contribution in [0.15, 0.2) is 0 Å². The molecule has 0 aliphatic heterocycles. The lowest BCUT2D eigenvalue weighted by molar-refractivity contribution is 0.0740. The molecule has 13 heavy (non-hydrogen) atoms. The molecular formula is C11H21NO. The molecule has 0 spiro atoms. The minimum Gasteiger partial charge on any atom is -0.304 e. The molecule has 2 saturated carbocycles. The molecule has 2 fully saturated rings. The van der Waals surface area contributed by atoms with Gasteiger partial charge in [0.25, 0.3) is 0 Å². The van der Waals surface area contributed by atoms with E-state index < -0.39 is 0 Å². The molecule has 2 nitrogen and oxygen atoms in total. The summed E-state index contributed by atoms with van der Waals surface area (Å²) in [5.74, 6) is 6.00. The summed E-state index contributed by atoms with van der Waals surface area (Å²) in [5.41, 5.74) is 1.38. The third-order valence-electron chi connectivity index (χ3n) is 4.90. The van der Waals surface area contributed by atoms with Crippen molar-refractivity contribution in [1.29, 1.82) is 0 Å². The van der Waals surface area contributed by atoms with E-state index in [4.69, 9.17) is 10.7 Å². The van der Waals surface area contributed by atoms with Crippen molar-refractivity contribution in [2.75, 3.05) is 6.61 Å². The van der Waals surface area contributed by atoms with E-state index in [-0.39, 0.29) is 0 Å². The van der Waals surface area contributed by atoms with Gasteiger partial charge in [0.1, 0.15) is 0 Å². The summed E-state index contributed by atoms with van der Waals surface area (Å²) >= 11 is 0. The van der Waals surface area contributed by atoms with E-state index in [2.05, 4.69) is 27.7 Å². The van der Waals surface area contributed by atoms with Crippen LogP contribution in [0.1, 0.15) is 40.5 Å². The minimum atomic E-state index is 0.432. The van der Waals surface area contributed by atoms with Gasteiger partial charge in [-0.2, -0.15) is 0 Å². The Balaban J connectivity index is 2.13. The highest BCUT2D eigenvalue weighted by Gasteiger charge is 2.74. The van der Waals surface area contributed by atoms with Crippen LogP contribution in [0.4, 0.5) is 0 Å². The van der Waals surface area contributed by atoms with E-state index in [1.807, 2.05) is 0 Å². The number of nitrogens with two attached hydrogens (primary N) is 1. The first-order valence-electron chi connectivity index (χ1n) is 5.20. The van der Waals surface area contributed by atoms with Crippen LogP contribution in [-0.2, 0) is 4.84 Å². The topological polar surface area (TPSA) is 35.2 Å². The Kier molecular flexibility index (Phi) is 1.67. The summed E-state index contributed by atoms with van der Waals surface area (Å²) < 4.78 is 0. The summed E-state index contributed by atoms with van der Waals surface area (Å²) in [4.78, 5) is 4.86. The van der Waals surface area contributed by atoms with Gasteiger partial charge in [-0.25, -0.2) is 5.90 Å². The molecule has 2 aliphatic rings. The third kappa shape index (κ3) is 1.02. The Morgan fingerprint density at radius 1 is 1.15 bits per heavy atom. The van der Waals surface area contributed by atoms with Crippen LogP contribution in [0, 0.1) is 22.2 Å². The smallest absolute Gasteiger partial charge is 0.0738 e. The fourth-order valence-electron chi connectivity index (χ4n) is 3.57. The lowest BCUT2D eigenvalue weighted by Gasteiger charge is -2.15. The maximum atomic E-state index is 5.20. The molecule has 0 radical (unpaired) electrons. The summed E-state index contributed by atoms with van der Waals surface area (Å²) in [6, 6.07) is 0. The molecule has 76 valence electrons. The molecule has 2 heteroatoms. The van der Waals surface area contributed by atoms with Crippen molar-refractivity contribution >= 4 is 0 Å². The summed E-state index contributed by atoms with van der Waals surface area (Å²) in [7, 11) is 0. The highest BCUT2D eigenvalue weighted by molar-refractivity contribution is 5.22. The van der Waals surface area contributed by atoms with E-state index >= 15 is 0 Å². The Hall–Kier alpha value is -0.0800. The van der Waals surface area contributed by atoms with Crippen molar-refractivity contribution < 1.29 is 4.84 Å². The van der Waals surface area contributed by atoms with Gasteiger partial charge in [-0.3, -0.25) is 0 Å². The van der Waals surface area contributed by atoms with Gasteiger partial charge in [0, 0.05) is 0 Å². The minimum absolute atomic E-state index is 0.432. The van der Waals surface area contributed by atoms with Crippen LogP contribution < -0.4 is 5.90 Å². The van der Waals surface area contributed by atoms with Crippen molar-refractivity contribution in [3.05, 3.63) is 0 Å². The standard InChI is InChI=1S/C11H21NO/c1-9(2)8(10(9,3)4)11(5-6-11)7-13-12/h8H,5-7,12H2,1-4H3. The van der Waals surface area contributed by atoms with Gasteiger partial charge in [0.15, 0.2) is 0 Å². The molecular weight excluding hydrogens is 162 g/mol. The molecule has 0 amide bonds. The van der Waals surface area contributed by atoms with E-state index in [1.54, 1.807) is 0 Å². The fourth-order valence-corrected chi connectivity index (χ4v) is 3.57. The van der Waals surface area contributed by atoms with Gasteiger partial charge in [-0.1, -0.05) is 27.7 Å². The second-order valence-electron chi connectivity index (χ2n) is 6.05. The second kappa shape index (κ2) is 2.29. The van der Waals surface area contributed by atoms with Crippen molar-refractivity contribution in [1.82, 2.24) is 0 Å². The van der Waals surface area contributed by atoms with Gasteiger partial charge in [0.05, 0.1) is 6.61 Å². The Morgan fingerprint density at radius 3 is 1.85 bits per heavy atom. The number of hydrogen-bond acceptors (Lipinski definition) is 2. The van der Waals surface area contributed by atoms with Crippen LogP contribution >= 0.6 is 0 Å². The normalized spacial score (nSPS) is 33.0. The molecule has 0 aromatic rings. The van der Waals surface area contributed by atoms with Crippen molar-refractivity contribution in [3.8, 4) is 0 Å². The van der Waals surface area contributed by atoms with E-state index in [0.29, 0.717) is 16.2 Å². The summed E-state index contributed by atoms with van der Waals surface area (Å²) in [6.45, 7) is 10.2. The predicted octanol–water partition coefficient (Wildman–Crippen LogP) is 2.34. The van der Waals surface area contributed by atoms with Crippen LogP contribution in [0.5, 0.6) is 0 Å². The van der Waals surface area contributed by atoms with Crippen LogP contribution in [0.25, 0.3) is 0 Å². The maximum absolute atomic E-state index is 5.20. The molecule has 0 heterocycles. The maximum Gasteiger partial charge on any atom is 0.0738 e. The molecule has 0 aromatic heterocycles. The zero-order valence-corrected chi connectivity index (χ0v) is 9.18. The largest absolute Gasteiger partial charge is 0.304 e. The number of rotatable bonds is 3. The zero-order valence-electron chi connectivity index (χ0n) is 9.18. The molecule has 2 N–H and O–H groups in total. The molecule has 0 bridgehead atoms. The lowest BCUT2D eigenvalue weighted by atomic mass is 9.94. The highest BCUT2D eigenvalue weighted by atomic mass is 16.6. The first-order valence-corrected chi connectivity index (χ1v) is 5.20. The van der Waals surface area contributed by atoms with Crippen molar-refractivity contribution in [2.24, 2.45) is 28.1 Å². The fraction of sp³-hybridized carbons (Fsp3) is 1.00. The zero-order chi connectivity index (χ0) is 9.91. The lowest BCUT2D eigenvalue weighted by Crippen LogP contribution is -2.19. The van der Waals surface area contributed by atoms with Crippen LogP contribution in [0.2, 0.25) is 0 Å². The second-order valence-corrected chi connectivity index (χ2v) is 6.05. The van der Waals surface area contributed by atoms with E-state index in [1.165, 1.54) is 12.8 Å². The summed E-state index contributed by atoms with van der Waals surface area (Å²) in [6.07, 6.45) is 2.61. The SMILES string of the molecule is CC1(C)C(C2(CON)CC2)C1(C)C. The highest BCUT2D eigenvalue weighted by Crippen LogP contribution is 2.79. The molecule has 0 saturated heterocycles. The predicted molar refractivity (Wildman–Crippen MR) is 52.9 cm³/mol. The van der Waals surface area contributed by atoms with Gasteiger partial charge in [0.2, 0.25) is 0 Å². The Morgan fingerprint density at radius 2 is 1.62 bits per heavy atom. The monoisotopic (exact) mass is 183 g/mol. The molecule has 0 aromatic carbocycles. The number of hydrogen-bond donors (Lipinski definition) is 1. The third-order valence-corrected chi connectivity index (χ3v) is 4.90. The van der Waals surface area contributed by atoms with Crippen LogP contribution in [0.3, 0.4) is 0 Å². The Labute approximate surface area is 80.8 Å². The first kappa shape index (κ1) is 9.47. The van der Waals surface area contributed by atoms with E-state index in [0.717, 1.165) is 12.5 Å². The van der Waals surface area contributed by atoms with Gasteiger partial charge in [-0.05, 0) is 35.0 Å². The van der Waals surface area contributed by atoms with E-state index in [9.17, 15) is 0 Å². The van der Waals surface area contributed by atoms with Gasteiger partial charge in [-0.15, -0.1) is 0 Å². The molecule has 0 unspecified atom stereocenters. The summed E-state index contributed by atoms with van der Waals surface area (Å²) in [5, 5.41) is 0. The average molecular weight is 183 g/mol. The molecule has 0 atom stereocenters. The first-order chi connectivity index (χ1) is 5.88. The molecule has 2 rings (SSSR count).